The fourth-order valence-corrected chi connectivity index (χ4v) is 2.35. The molecule has 1 heterocycles. The Morgan fingerprint density at radius 2 is 1.95 bits per heavy atom. The highest BCUT2D eigenvalue weighted by atomic mass is 79.9. The van der Waals surface area contributed by atoms with E-state index in [-0.39, 0.29) is 0 Å². The molecule has 2 aromatic rings. The van der Waals surface area contributed by atoms with Crippen LogP contribution < -0.4 is 10.6 Å². The number of aromatic nitrogens is 2. The number of nitrogens with one attached hydrogen (secondary N) is 2. The summed E-state index contributed by atoms with van der Waals surface area (Å²) < 4.78 is 1.04. The molecule has 0 amide bonds. The Labute approximate surface area is 128 Å². The Morgan fingerprint density at radius 1 is 1.15 bits per heavy atom. The first-order valence-electron chi connectivity index (χ1n) is 6.85. The summed E-state index contributed by atoms with van der Waals surface area (Å²) in [7, 11) is 0. The first kappa shape index (κ1) is 14.8. The van der Waals surface area contributed by atoms with Gasteiger partial charge in [0.1, 0.15) is 18.0 Å². The van der Waals surface area contributed by atoms with Crippen LogP contribution in [0.3, 0.4) is 0 Å². The van der Waals surface area contributed by atoms with E-state index < -0.39 is 0 Å². The molecule has 0 aliphatic heterocycles. The molecule has 20 heavy (non-hydrogen) atoms. The predicted octanol–water partition coefficient (Wildman–Crippen LogP) is 4.37. The van der Waals surface area contributed by atoms with Gasteiger partial charge in [0.15, 0.2) is 0 Å². The highest BCUT2D eigenvalue weighted by Crippen LogP contribution is 2.25. The zero-order chi connectivity index (χ0) is 14.4. The van der Waals surface area contributed by atoms with Gasteiger partial charge in [0.25, 0.3) is 0 Å². The standard InChI is InChI=1S/C15H19BrN4/c1-3-8-17-14-13(4-2)15(19-10-18-14)20-12-7-5-6-11(16)9-12/h5-7,9-10H,3-4,8H2,1-2H3,(H2,17,18,19,20). The number of nitrogens with zero attached hydrogens (tertiary/aromatic N) is 2. The Morgan fingerprint density at radius 3 is 2.65 bits per heavy atom. The lowest BCUT2D eigenvalue weighted by molar-refractivity contribution is 0.949. The third-order valence-electron chi connectivity index (χ3n) is 2.93. The van der Waals surface area contributed by atoms with Crippen LogP contribution in [-0.4, -0.2) is 16.5 Å². The molecule has 0 saturated carbocycles. The van der Waals surface area contributed by atoms with Crippen molar-refractivity contribution in [1.82, 2.24) is 9.97 Å². The summed E-state index contributed by atoms with van der Waals surface area (Å²) in [6.45, 7) is 5.17. The van der Waals surface area contributed by atoms with Gasteiger partial charge in [-0.1, -0.05) is 35.8 Å². The zero-order valence-electron chi connectivity index (χ0n) is 11.8. The predicted molar refractivity (Wildman–Crippen MR) is 87.6 cm³/mol. The second-order valence-corrected chi connectivity index (χ2v) is 5.38. The second kappa shape index (κ2) is 7.24. The topological polar surface area (TPSA) is 49.8 Å². The average molecular weight is 335 g/mol. The van der Waals surface area contributed by atoms with Crippen LogP contribution in [0.2, 0.25) is 0 Å². The Kier molecular flexibility index (Phi) is 5.35. The summed E-state index contributed by atoms with van der Waals surface area (Å²) >= 11 is 3.47. The van der Waals surface area contributed by atoms with E-state index in [1.54, 1.807) is 6.33 Å². The van der Waals surface area contributed by atoms with Crippen LogP contribution in [0.15, 0.2) is 35.1 Å². The third kappa shape index (κ3) is 3.70. The average Bonchev–Trinajstić information content (AvgIpc) is 2.45. The Bertz CT molecular complexity index is 572. The summed E-state index contributed by atoms with van der Waals surface area (Å²) in [5.74, 6) is 1.78. The molecule has 5 heteroatoms. The molecular formula is C15H19BrN4. The SMILES string of the molecule is CCCNc1ncnc(Nc2cccc(Br)c2)c1CC. The maximum absolute atomic E-state index is 4.37. The molecule has 1 aromatic heterocycles. The van der Waals surface area contributed by atoms with Crippen LogP contribution >= 0.6 is 15.9 Å². The molecule has 0 radical (unpaired) electrons. The van der Waals surface area contributed by atoms with Crippen LogP contribution in [0.4, 0.5) is 17.3 Å². The third-order valence-corrected chi connectivity index (χ3v) is 3.42. The van der Waals surface area contributed by atoms with Crippen LogP contribution in [0, 0.1) is 0 Å². The first-order valence-corrected chi connectivity index (χ1v) is 7.64. The molecule has 0 bridgehead atoms. The smallest absolute Gasteiger partial charge is 0.139 e. The number of halogens is 1. The summed E-state index contributed by atoms with van der Waals surface area (Å²) in [5.41, 5.74) is 2.12. The fraction of sp³-hybridized carbons (Fsp3) is 0.333. The lowest BCUT2D eigenvalue weighted by atomic mass is 10.2. The van der Waals surface area contributed by atoms with E-state index in [1.165, 1.54) is 0 Å². The lowest BCUT2D eigenvalue weighted by Gasteiger charge is -2.14. The van der Waals surface area contributed by atoms with Gasteiger partial charge < -0.3 is 10.6 Å². The molecular weight excluding hydrogens is 316 g/mol. The van der Waals surface area contributed by atoms with E-state index in [0.29, 0.717) is 0 Å². The van der Waals surface area contributed by atoms with Crippen LogP contribution in [0.1, 0.15) is 25.8 Å². The number of hydrogen-bond acceptors (Lipinski definition) is 4. The van der Waals surface area contributed by atoms with Gasteiger partial charge in [-0.3, -0.25) is 0 Å². The van der Waals surface area contributed by atoms with E-state index in [1.807, 2.05) is 24.3 Å². The minimum Gasteiger partial charge on any atom is -0.370 e. The van der Waals surface area contributed by atoms with Crippen molar-refractivity contribution in [2.75, 3.05) is 17.2 Å². The number of benzene rings is 1. The molecule has 0 spiro atoms. The van der Waals surface area contributed by atoms with Crippen molar-refractivity contribution in [3.05, 3.63) is 40.6 Å². The summed E-state index contributed by atoms with van der Waals surface area (Å²) in [6, 6.07) is 8.04. The highest BCUT2D eigenvalue weighted by molar-refractivity contribution is 9.10. The van der Waals surface area contributed by atoms with Crippen molar-refractivity contribution in [3.8, 4) is 0 Å². The normalized spacial score (nSPS) is 10.3. The van der Waals surface area contributed by atoms with Crippen molar-refractivity contribution in [1.29, 1.82) is 0 Å². The molecule has 2 N–H and O–H groups in total. The minimum absolute atomic E-state index is 0.860. The number of hydrogen-bond donors (Lipinski definition) is 2. The highest BCUT2D eigenvalue weighted by Gasteiger charge is 2.09. The van der Waals surface area contributed by atoms with Crippen molar-refractivity contribution >= 4 is 33.3 Å². The molecule has 0 aliphatic carbocycles. The zero-order valence-corrected chi connectivity index (χ0v) is 13.4. The number of rotatable bonds is 6. The van der Waals surface area contributed by atoms with E-state index in [2.05, 4.69) is 50.4 Å². The van der Waals surface area contributed by atoms with Gasteiger partial charge in [0.2, 0.25) is 0 Å². The summed E-state index contributed by atoms with van der Waals surface area (Å²) in [5, 5.41) is 6.71. The van der Waals surface area contributed by atoms with Crippen molar-refractivity contribution in [2.24, 2.45) is 0 Å². The molecule has 0 aliphatic rings. The van der Waals surface area contributed by atoms with Crippen LogP contribution in [-0.2, 0) is 6.42 Å². The maximum atomic E-state index is 4.37. The largest absolute Gasteiger partial charge is 0.370 e. The van der Waals surface area contributed by atoms with Gasteiger partial charge in [0.05, 0.1) is 0 Å². The molecule has 2 rings (SSSR count). The van der Waals surface area contributed by atoms with Crippen molar-refractivity contribution in [2.45, 2.75) is 26.7 Å². The van der Waals surface area contributed by atoms with Gasteiger partial charge in [-0.2, -0.15) is 0 Å². The van der Waals surface area contributed by atoms with Gasteiger partial charge in [0, 0.05) is 22.3 Å². The Balaban J connectivity index is 2.26. The maximum Gasteiger partial charge on any atom is 0.139 e. The van der Waals surface area contributed by atoms with Crippen LogP contribution in [0.5, 0.6) is 0 Å². The quantitative estimate of drug-likeness (QED) is 0.823. The second-order valence-electron chi connectivity index (χ2n) is 4.47. The molecule has 4 nitrogen and oxygen atoms in total. The van der Waals surface area contributed by atoms with E-state index in [4.69, 9.17) is 0 Å². The van der Waals surface area contributed by atoms with Crippen LogP contribution in [0.25, 0.3) is 0 Å². The fourth-order valence-electron chi connectivity index (χ4n) is 1.95. The van der Waals surface area contributed by atoms with Gasteiger partial charge in [-0.25, -0.2) is 9.97 Å². The van der Waals surface area contributed by atoms with Gasteiger partial charge >= 0.3 is 0 Å². The van der Waals surface area contributed by atoms with Gasteiger partial charge in [-0.15, -0.1) is 0 Å². The van der Waals surface area contributed by atoms with E-state index >= 15 is 0 Å². The van der Waals surface area contributed by atoms with Gasteiger partial charge in [-0.05, 0) is 31.0 Å². The minimum atomic E-state index is 0.860. The first-order chi connectivity index (χ1) is 9.74. The molecule has 0 saturated heterocycles. The van der Waals surface area contributed by atoms with E-state index in [0.717, 1.165) is 46.7 Å². The lowest BCUT2D eigenvalue weighted by Crippen LogP contribution is -2.08. The van der Waals surface area contributed by atoms with Crippen molar-refractivity contribution in [3.63, 3.8) is 0 Å². The molecule has 106 valence electrons. The number of anilines is 3. The van der Waals surface area contributed by atoms with Crippen molar-refractivity contribution < 1.29 is 0 Å². The molecule has 0 fully saturated rings. The molecule has 0 unspecified atom stereocenters. The monoisotopic (exact) mass is 334 g/mol. The summed E-state index contributed by atoms with van der Waals surface area (Å²) in [4.78, 5) is 8.70. The van der Waals surface area contributed by atoms with E-state index in [9.17, 15) is 0 Å². The summed E-state index contributed by atoms with van der Waals surface area (Å²) in [6.07, 6.45) is 3.54. The Hall–Kier alpha value is -1.62. The molecule has 0 atom stereocenters. The molecule has 1 aromatic carbocycles.